The number of H-pyrrole nitrogens is 1. The number of anilines is 1. The zero-order valence-corrected chi connectivity index (χ0v) is 17.4. The molecule has 0 radical (unpaired) electrons. The van der Waals surface area contributed by atoms with Crippen molar-refractivity contribution in [3.63, 3.8) is 0 Å². The van der Waals surface area contributed by atoms with Gasteiger partial charge in [0, 0.05) is 38.8 Å². The quantitative estimate of drug-likeness (QED) is 0.661. The third kappa shape index (κ3) is 4.15. The van der Waals surface area contributed by atoms with Crippen LogP contribution in [0.1, 0.15) is 28.0 Å². The van der Waals surface area contributed by atoms with E-state index in [1.165, 1.54) is 0 Å². The summed E-state index contributed by atoms with van der Waals surface area (Å²) in [5.41, 5.74) is 3.10. The van der Waals surface area contributed by atoms with Gasteiger partial charge in [-0.2, -0.15) is 0 Å². The number of aromatic amines is 1. The fourth-order valence-corrected chi connectivity index (χ4v) is 4.48. The van der Waals surface area contributed by atoms with Crippen LogP contribution in [0.15, 0.2) is 29.2 Å². The molecular weight excluding hydrogens is 388 g/mol. The van der Waals surface area contributed by atoms with Gasteiger partial charge in [0.05, 0.1) is 23.9 Å². The average molecular weight is 413 g/mol. The molecule has 0 aromatic carbocycles. The number of nitrogens with zero attached hydrogens (tertiary/aromatic N) is 4. The normalized spacial score (nSPS) is 15.0. The zero-order valence-electron chi connectivity index (χ0n) is 16.6. The van der Waals surface area contributed by atoms with Crippen molar-refractivity contribution in [3.8, 4) is 0 Å². The first-order valence-corrected chi connectivity index (χ1v) is 10.6. The largest absolute Gasteiger partial charge is 0.368 e. The van der Waals surface area contributed by atoms with E-state index in [0.29, 0.717) is 12.1 Å². The minimum atomic E-state index is -0.176. The van der Waals surface area contributed by atoms with E-state index in [4.69, 9.17) is 4.98 Å². The second-order valence-corrected chi connectivity index (χ2v) is 8.13. The van der Waals surface area contributed by atoms with Crippen molar-refractivity contribution in [2.45, 2.75) is 19.9 Å². The molecule has 2 N–H and O–H groups in total. The number of piperazine rings is 1. The van der Waals surface area contributed by atoms with Gasteiger partial charge in [0.1, 0.15) is 15.5 Å². The Morgan fingerprint density at radius 3 is 2.72 bits per heavy atom. The van der Waals surface area contributed by atoms with Crippen molar-refractivity contribution >= 4 is 33.3 Å². The maximum absolute atomic E-state index is 12.0. The number of aromatic nitrogens is 3. The third-order valence-electron chi connectivity index (χ3n) is 5.21. The number of hydrogen-bond donors (Lipinski definition) is 2. The van der Waals surface area contributed by atoms with E-state index in [9.17, 15) is 9.59 Å². The average Bonchev–Trinajstić information content (AvgIpc) is 3.14. The molecule has 1 aliphatic heterocycles. The van der Waals surface area contributed by atoms with Crippen molar-refractivity contribution in [1.82, 2.24) is 25.2 Å². The van der Waals surface area contributed by atoms with Crippen molar-refractivity contribution < 1.29 is 4.79 Å². The van der Waals surface area contributed by atoms with E-state index in [0.717, 1.165) is 59.3 Å². The van der Waals surface area contributed by atoms with Crippen LogP contribution in [-0.4, -0.2) is 59.0 Å². The molecular formula is C20H24N6O2S. The summed E-state index contributed by atoms with van der Waals surface area (Å²) in [4.78, 5) is 41.0. The molecule has 4 heterocycles. The number of carbonyl (C=O) groups is 1. The fourth-order valence-electron chi connectivity index (χ4n) is 3.50. The van der Waals surface area contributed by atoms with Crippen LogP contribution in [-0.2, 0) is 13.0 Å². The molecule has 9 heteroatoms. The molecule has 4 rings (SSSR count). The van der Waals surface area contributed by atoms with Gasteiger partial charge in [-0.25, -0.2) is 9.97 Å². The molecule has 0 bridgehead atoms. The first-order valence-electron chi connectivity index (χ1n) is 9.74. The molecule has 3 aromatic heterocycles. The van der Waals surface area contributed by atoms with Crippen LogP contribution in [0.4, 0.5) is 5.69 Å². The van der Waals surface area contributed by atoms with Crippen LogP contribution < -0.4 is 15.8 Å². The Labute approximate surface area is 172 Å². The lowest BCUT2D eigenvalue weighted by molar-refractivity contribution is 0.0958. The molecule has 152 valence electrons. The lowest BCUT2D eigenvalue weighted by atomic mass is 10.2. The summed E-state index contributed by atoms with van der Waals surface area (Å²) in [6.45, 7) is 6.38. The number of hydrogen-bond acceptors (Lipinski definition) is 7. The molecule has 3 aromatic rings. The number of pyridine rings is 2. The number of amides is 1. The predicted octanol–water partition coefficient (Wildman–Crippen LogP) is 1.62. The smallest absolute Gasteiger partial charge is 0.269 e. The first-order chi connectivity index (χ1) is 14.1. The van der Waals surface area contributed by atoms with E-state index in [2.05, 4.69) is 25.1 Å². The van der Waals surface area contributed by atoms with Crippen LogP contribution in [0.3, 0.4) is 0 Å². The Balaban J connectivity index is 1.38. The number of thiazole rings is 1. The molecule has 1 amide bonds. The lowest BCUT2D eigenvalue weighted by Crippen LogP contribution is -2.46. The Hall–Kier alpha value is -2.78. The number of fused-ring (bicyclic) bond motifs is 1. The summed E-state index contributed by atoms with van der Waals surface area (Å²) in [5, 5.41) is 3.60. The number of aryl methyl sites for hydroxylation is 1. The van der Waals surface area contributed by atoms with Gasteiger partial charge in [0.25, 0.3) is 11.5 Å². The Morgan fingerprint density at radius 1 is 1.28 bits per heavy atom. The minimum absolute atomic E-state index is 0.0140. The molecule has 0 aliphatic carbocycles. The van der Waals surface area contributed by atoms with E-state index in [-0.39, 0.29) is 11.5 Å². The maximum atomic E-state index is 12.0. The van der Waals surface area contributed by atoms with Gasteiger partial charge in [-0.15, -0.1) is 0 Å². The highest BCUT2D eigenvalue weighted by Gasteiger charge is 2.19. The van der Waals surface area contributed by atoms with Gasteiger partial charge in [0.2, 0.25) is 0 Å². The SMILES string of the molecule is CCc1cc2nc(CN3CCN(c4ccc(C(=O)NC)nc4)CC3)sc2[nH]c1=O. The molecule has 1 aliphatic rings. The van der Waals surface area contributed by atoms with E-state index in [1.807, 2.05) is 19.1 Å². The highest BCUT2D eigenvalue weighted by Crippen LogP contribution is 2.22. The van der Waals surface area contributed by atoms with E-state index < -0.39 is 0 Å². The lowest BCUT2D eigenvalue weighted by Gasteiger charge is -2.35. The monoisotopic (exact) mass is 412 g/mol. The van der Waals surface area contributed by atoms with E-state index in [1.54, 1.807) is 30.6 Å². The van der Waals surface area contributed by atoms with Crippen molar-refractivity contribution in [3.05, 3.63) is 51.0 Å². The summed E-state index contributed by atoms with van der Waals surface area (Å²) >= 11 is 1.56. The summed E-state index contributed by atoms with van der Waals surface area (Å²) in [6.07, 6.45) is 2.47. The molecule has 0 saturated carbocycles. The summed E-state index contributed by atoms with van der Waals surface area (Å²) < 4.78 is 0. The van der Waals surface area contributed by atoms with Crippen LogP contribution in [0.5, 0.6) is 0 Å². The van der Waals surface area contributed by atoms with Crippen molar-refractivity contribution in [1.29, 1.82) is 0 Å². The van der Waals surface area contributed by atoms with Gasteiger partial charge in [-0.1, -0.05) is 18.3 Å². The molecule has 0 spiro atoms. The number of nitrogens with one attached hydrogen (secondary N) is 2. The van der Waals surface area contributed by atoms with Crippen LogP contribution in [0.2, 0.25) is 0 Å². The van der Waals surface area contributed by atoms with Crippen LogP contribution in [0.25, 0.3) is 10.3 Å². The van der Waals surface area contributed by atoms with Crippen molar-refractivity contribution in [2.24, 2.45) is 0 Å². The standard InChI is InChI=1S/C20H24N6O2S/c1-3-13-10-16-20(24-18(13)27)29-17(23-16)12-25-6-8-26(9-7-25)14-4-5-15(22-11-14)19(28)21-2/h4-5,10-11H,3,6-9,12H2,1-2H3,(H,21,28)(H,24,27). The van der Waals surface area contributed by atoms with E-state index >= 15 is 0 Å². The molecule has 0 atom stereocenters. The fraction of sp³-hybridized carbons (Fsp3) is 0.400. The van der Waals surface area contributed by atoms with Gasteiger partial charge < -0.3 is 15.2 Å². The van der Waals surface area contributed by atoms with Gasteiger partial charge >= 0.3 is 0 Å². The summed E-state index contributed by atoms with van der Waals surface area (Å²) in [6, 6.07) is 5.61. The number of carbonyl (C=O) groups excluding carboxylic acids is 1. The third-order valence-corrected chi connectivity index (χ3v) is 6.18. The second kappa shape index (κ2) is 8.30. The zero-order chi connectivity index (χ0) is 20.4. The topological polar surface area (TPSA) is 94.2 Å². The predicted molar refractivity (Wildman–Crippen MR) is 115 cm³/mol. The van der Waals surface area contributed by atoms with Crippen LogP contribution >= 0.6 is 11.3 Å². The Bertz CT molecular complexity index is 1070. The molecule has 0 unspecified atom stereocenters. The molecule has 8 nitrogen and oxygen atoms in total. The molecule has 1 saturated heterocycles. The molecule has 29 heavy (non-hydrogen) atoms. The Kier molecular flexibility index (Phi) is 5.59. The van der Waals surface area contributed by atoms with Crippen molar-refractivity contribution in [2.75, 3.05) is 38.1 Å². The summed E-state index contributed by atoms with van der Waals surface area (Å²) in [5.74, 6) is -0.176. The minimum Gasteiger partial charge on any atom is -0.368 e. The van der Waals surface area contributed by atoms with Gasteiger partial charge in [0.15, 0.2) is 0 Å². The highest BCUT2D eigenvalue weighted by atomic mass is 32.1. The highest BCUT2D eigenvalue weighted by molar-refractivity contribution is 7.18. The van der Waals surface area contributed by atoms with Gasteiger partial charge in [-0.05, 0) is 24.6 Å². The number of rotatable bonds is 5. The van der Waals surface area contributed by atoms with Gasteiger partial charge in [-0.3, -0.25) is 14.5 Å². The Morgan fingerprint density at radius 2 is 2.07 bits per heavy atom. The van der Waals surface area contributed by atoms with Crippen LogP contribution in [0, 0.1) is 0 Å². The first kappa shape index (κ1) is 19.5. The molecule has 1 fully saturated rings. The summed E-state index contributed by atoms with van der Waals surface area (Å²) in [7, 11) is 1.60. The maximum Gasteiger partial charge on any atom is 0.269 e. The second-order valence-electron chi connectivity index (χ2n) is 7.04.